The Balaban J connectivity index is 1.56. The van der Waals surface area contributed by atoms with Gasteiger partial charge in [-0.05, 0) is 91.8 Å². The van der Waals surface area contributed by atoms with Crippen molar-refractivity contribution in [3.05, 3.63) is 0 Å². The highest BCUT2D eigenvalue weighted by atomic mass is 16.4. The standard InChI is InChI=1S/C24H38O4/c1-14(4-7-21(27)28)17-5-6-18-22-19(9-11-24(17,18)3)23(2)10-8-16(25)12-15(23)13-20(22)26/h14-19,22,25H,4-13H2,1-3H3,(H,27,28)/t14-,15+,16-,17-,18+,19+,22+,23+,24-/m0/s1. The first-order chi connectivity index (χ1) is 13.2. The van der Waals surface area contributed by atoms with Gasteiger partial charge in [0.05, 0.1) is 6.10 Å². The molecule has 0 aromatic heterocycles. The van der Waals surface area contributed by atoms with Crippen molar-refractivity contribution in [2.45, 2.75) is 91.1 Å². The molecule has 0 unspecified atom stereocenters. The minimum Gasteiger partial charge on any atom is -0.481 e. The number of hydrogen-bond donors (Lipinski definition) is 2. The summed E-state index contributed by atoms with van der Waals surface area (Å²) >= 11 is 0. The molecule has 0 aromatic carbocycles. The van der Waals surface area contributed by atoms with Crippen molar-refractivity contribution < 1.29 is 19.8 Å². The van der Waals surface area contributed by atoms with Crippen molar-refractivity contribution in [2.75, 3.05) is 0 Å². The molecule has 0 aromatic rings. The number of carbonyl (C=O) groups is 2. The maximum atomic E-state index is 13.3. The molecule has 9 atom stereocenters. The molecule has 28 heavy (non-hydrogen) atoms. The predicted molar refractivity (Wildman–Crippen MR) is 108 cm³/mol. The third-order valence-electron chi connectivity index (χ3n) is 10.0. The van der Waals surface area contributed by atoms with Crippen LogP contribution in [0.2, 0.25) is 0 Å². The number of fused-ring (bicyclic) bond motifs is 5. The van der Waals surface area contributed by atoms with Crippen molar-refractivity contribution in [1.29, 1.82) is 0 Å². The largest absolute Gasteiger partial charge is 0.481 e. The first-order valence-electron chi connectivity index (χ1n) is 11.6. The van der Waals surface area contributed by atoms with Gasteiger partial charge < -0.3 is 10.2 Å². The van der Waals surface area contributed by atoms with E-state index in [1.54, 1.807) is 0 Å². The van der Waals surface area contributed by atoms with Crippen LogP contribution in [-0.4, -0.2) is 28.1 Å². The molecule has 0 saturated heterocycles. The number of ketones is 1. The number of aliphatic carboxylic acids is 1. The molecule has 0 aliphatic heterocycles. The van der Waals surface area contributed by atoms with E-state index in [9.17, 15) is 14.7 Å². The molecule has 0 radical (unpaired) electrons. The van der Waals surface area contributed by atoms with E-state index in [4.69, 9.17) is 5.11 Å². The number of aliphatic hydroxyl groups is 1. The van der Waals surface area contributed by atoms with E-state index in [2.05, 4.69) is 20.8 Å². The summed E-state index contributed by atoms with van der Waals surface area (Å²) in [4.78, 5) is 24.4. The van der Waals surface area contributed by atoms with Crippen LogP contribution in [0.15, 0.2) is 0 Å². The molecular weight excluding hydrogens is 352 g/mol. The van der Waals surface area contributed by atoms with Crippen LogP contribution in [0.25, 0.3) is 0 Å². The van der Waals surface area contributed by atoms with E-state index >= 15 is 0 Å². The summed E-state index contributed by atoms with van der Waals surface area (Å²) in [5.74, 6) is 2.25. The van der Waals surface area contributed by atoms with E-state index in [1.165, 1.54) is 6.42 Å². The normalized spacial score (nSPS) is 49.1. The van der Waals surface area contributed by atoms with Crippen molar-refractivity contribution >= 4 is 11.8 Å². The Hall–Kier alpha value is -0.900. The summed E-state index contributed by atoms with van der Waals surface area (Å²) in [6, 6.07) is 0. The van der Waals surface area contributed by atoms with Gasteiger partial charge in [-0.1, -0.05) is 20.8 Å². The third-order valence-corrected chi connectivity index (χ3v) is 10.0. The maximum absolute atomic E-state index is 13.3. The predicted octanol–water partition coefficient (Wildman–Crippen LogP) is 4.69. The highest BCUT2D eigenvalue weighted by Crippen LogP contribution is 2.67. The van der Waals surface area contributed by atoms with Gasteiger partial charge in [0.15, 0.2) is 0 Å². The molecule has 0 heterocycles. The van der Waals surface area contributed by atoms with Crippen LogP contribution in [0.1, 0.15) is 85.0 Å². The van der Waals surface area contributed by atoms with Crippen LogP contribution >= 0.6 is 0 Å². The number of aliphatic hydroxyl groups excluding tert-OH is 1. The van der Waals surface area contributed by atoms with E-state index in [0.717, 1.165) is 44.9 Å². The Morgan fingerprint density at radius 1 is 1.11 bits per heavy atom. The number of Topliss-reactive ketones (excluding diaryl/α,β-unsaturated/α-hetero) is 1. The molecule has 158 valence electrons. The van der Waals surface area contributed by atoms with Gasteiger partial charge in [-0.3, -0.25) is 9.59 Å². The zero-order valence-electron chi connectivity index (χ0n) is 17.8. The molecule has 2 N–H and O–H groups in total. The van der Waals surface area contributed by atoms with Gasteiger partial charge >= 0.3 is 5.97 Å². The van der Waals surface area contributed by atoms with E-state index in [-0.39, 0.29) is 29.3 Å². The summed E-state index contributed by atoms with van der Waals surface area (Å²) in [5, 5.41) is 19.3. The van der Waals surface area contributed by atoms with Gasteiger partial charge in [0, 0.05) is 18.8 Å². The maximum Gasteiger partial charge on any atom is 0.303 e. The van der Waals surface area contributed by atoms with Crippen molar-refractivity contribution in [1.82, 2.24) is 0 Å². The van der Waals surface area contributed by atoms with E-state index in [0.29, 0.717) is 41.8 Å². The number of carboxylic acid groups (broad SMARTS) is 1. The summed E-state index contributed by atoms with van der Waals surface area (Å²) < 4.78 is 0. The molecule has 4 heteroatoms. The Kier molecular flexibility index (Phi) is 5.17. The second kappa shape index (κ2) is 7.11. The van der Waals surface area contributed by atoms with Crippen LogP contribution in [-0.2, 0) is 9.59 Å². The molecule has 0 amide bonds. The van der Waals surface area contributed by atoms with Crippen LogP contribution in [0.3, 0.4) is 0 Å². The lowest BCUT2D eigenvalue weighted by Crippen LogP contribution is -2.57. The molecule has 4 aliphatic carbocycles. The SMILES string of the molecule is C[C@@H](CCC(=O)O)[C@@H]1CC[C@@H]2[C@H]3C(=O)C[C@H]4C[C@@H](O)CC[C@@]4(C)[C@@H]3CC[C@]21C. The fourth-order valence-corrected chi connectivity index (χ4v) is 8.44. The third kappa shape index (κ3) is 3.05. The topological polar surface area (TPSA) is 74.6 Å². The summed E-state index contributed by atoms with van der Waals surface area (Å²) in [6.45, 7) is 7.06. The number of rotatable bonds is 4. The molecule has 0 bridgehead atoms. The molecule has 0 spiro atoms. The van der Waals surface area contributed by atoms with E-state index < -0.39 is 5.97 Å². The van der Waals surface area contributed by atoms with Gasteiger partial charge in [0.1, 0.15) is 5.78 Å². The monoisotopic (exact) mass is 390 g/mol. The lowest BCUT2D eigenvalue weighted by molar-refractivity contribution is -0.160. The van der Waals surface area contributed by atoms with Crippen LogP contribution in [0.4, 0.5) is 0 Å². The lowest BCUT2D eigenvalue weighted by Gasteiger charge is -2.60. The Labute approximate surface area is 169 Å². The van der Waals surface area contributed by atoms with Gasteiger partial charge in [-0.15, -0.1) is 0 Å². The molecule has 4 aliphatic rings. The zero-order chi connectivity index (χ0) is 20.3. The Bertz CT molecular complexity index is 645. The van der Waals surface area contributed by atoms with Crippen molar-refractivity contribution in [3.8, 4) is 0 Å². The quantitative estimate of drug-likeness (QED) is 0.730. The van der Waals surface area contributed by atoms with Crippen LogP contribution < -0.4 is 0 Å². The summed E-state index contributed by atoms with van der Waals surface area (Å²) in [7, 11) is 0. The average molecular weight is 391 g/mol. The minimum absolute atomic E-state index is 0.187. The summed E-state index contributed by atoms with van der Waals surface area (Å²) in [5.41, 5.74) is 0.401. The summed E-state index contributed by atoms with van der Waals surface area (Å²) in [6.07, 6.45) is 8.81. The first-order valence-corrected chi connectivity index (χ1v) is 11.6. The minimum atomic E-state index is -0.698. The van der Waals surface area contributed by atoms with Crippen LogP contribution in [0.5, 0.6) is 0 Å². The van der Waals surface area contributed by atoms with Gasteiger partial charge in [0.25, 0.3) is 0 Å². The Morgan fingerprint density at radius 3 is 2.50 bits per heavy atom. The average Bonchev–Trinajstić information content (AvgIpc) is 2.98. The lowest BCUT2D eigenvalue weighted by atomic mass is 9.44. The molecule has 4 nitrogen and oxygen atoms in total. The second-order valence-electron chi connectivity index (χ2n) is 11.2. The second-order valence-corrected chi connectivity index (χ2v) is 11.2. The molecule has 4 saturated carbocycles. The smallest absolute Gasteiger partial charge is 0.303 e. The first kappa shape index (κ1) is 20.4. The van der Waals surface area contributed by atoms with Crippen molar-refractivity contribution in [3.63, 3.8) is 0 Å². The van der Waals surface area contributed by atoms with E-state index in [1.807, 2.05) is 0 Å². The number of carboxylic acids is 1. The fraction of sp³-hybridized carbons (Fsp3) is 0.917. The van der Waals surface area contributed by atoms with Gasteiger partial charge in [-0.25, -0.2) is 0 Å². The number of hydrogen-bond acceptors (Lipinski definition) is 3. The molecule has 4 fully saturated rings. The Morgan fingerprint density at radius 2 is 1.79 bits per heavy atom. The molecular formula is C24H38O4. The van der Waals surface area contributed by atoms with Gasteiger partial charge in [-0.2, -0.15) is 0 Å². The molecule has 4 rings (SSSR count). The fourth-order valence-electron chi connectivity index (χ4n) is 8.44. The highest BCUT2D eigenvalue weighted by molar-refractivity contribution is 5.83. The number of carbonyl (C=O) groups excluding carboxylic acids is 1. The van der Waals surface area contributed by atoms with Crippen LogP contribution in [0, 0.1) is 46.3 Å². The highest BCUT2D eigenvalue weighted by Gasteiger charge is 2.62. The van der Waals surface area contributed by atoms with Crippen molar-refractivity contribution in [2.24, 2.45) is 46.3 Å². The zero-order valence-corrected chi connectivity index (χ0v) is 17.8. The van der Waals surface area contributed by atoms with Gasteiger partial charge in [0.2, 0.25) is 0 Å².